The molecular formula is C11H10ClFN4O2. The number of nitrogens with zero attached hydrogens (tertiary/aromatic N) is 3. The Labute approximate surface area is 113 Å². The summed E-state index contributed by atoms with van der Waals surface area (Å²) in [7, 11) is 3.02. The molecular weight excluding hydrogens is 275 g/mol. The van der Waals surface area contributed by atoms with Gasteiger partial charge in [-0.05, 0) is 12.1 Å². The van der Waals surface area contributed by atoms with Crippen LogP contribution in [0.15, 0.2) is 18.2 Å². The van der Waals surface area contributed by atoms with Crippen molar-refractivity contribution in [3.05, 3.63) is 29.0 Å². The number of anilines is 1. The lowest BCUT2D eigenvalue weighted by Crippen LogP contribution is -2.03. The van der Waals surface area contributed by atoms with Crippen LogP contribution in [0.2, 0.25) is 5.02 Å². The maximum Gasteiger partial charge on any atom is 0.330 e. The molecule has 19 heavy (non-hydrogen) atoms. The minimum absolute atomic E-state index is 0.0487. The summed E-state index contributed by atoms with van der Waals surface area (Å²) in [5.74, 6) is -0.526. The van der Waals surface area contributed by atoms with Crippen LogP contribution in [-0.4, -0.2) is 29.1 Å². The highest BCUT2D eigenvalue weighted by Crippen LogP contribution is 2.27. The second-order valence-corrected chi connectivity index (χ2v) is 3.74. The second-order valence-electron chi connectivity index (χ2n) is 3.33. The van der Waals surface area contributed by atoms with Crippen LogP contribution in [0, 0.1) is 5.82 Å². The second kappa shape index (κ2) is 5.66. The Bertz CT molecular complexity index is 575. The van der Waals surface area contributed by atoms with E-state index in [1.54, 1.807) is 13.1 Å². The molecule has 0 atom stereocenters. The summed E-state index contributed by atoms with van der Waals surface area (Å²) in [6.45, 7) is 0. The van der Waals surface area contributed by atoms with Gasteiger partial charge in [0.1, 0.15) is 0 Å². The molecule has 6 nitrogen and oxygen atoms in total. The van der Waals surface area contributed by atoms with E-state index in [-0.39, 0.29) is 28.7 Å². The number of methoxy groups -OCH3 is 1. The third-order valence-electron chi connectivity index (χ3n) is 2.12. The highest BCUT2D eigenvalue weighted by Gasteiger charge is 2.12. The van der Waals surface area contributed by atoms with Crippen LogP contribution in [0.1, 0.15) is 0 Å². The van der Waals surface area contributed by atoms with Gasteiger partial charge in [0, 0.05) is 7.05 Å². The zero-order valence-corrected chi connectivity index (χ0v) is 10.9. The van der Waals surface area contributed by atoms with Gasteiger partial charge in [-0.1, -0.05) is 17.7 Å². The SMILES string of the molecule is CNc1nc(OC)nc(Oc2cccc(Cl)c2F)n1. The van der Waals surface area contributed by atoms with Gasteiger partial charge >= 0.3 is 12.0 Å². The van der Waals surface area contributed by atoms with Crippen LogP contribution in [0.4, 0.5) is 10.3 Å². The number of hydrogen-bond donors (Lipinski definition) is 1. The standard InChI is InChI=1S/C11H10ClFN4O2/c1-14-9-15-10(18-2)17-11(16-9)19-7-5-3-4-6(12)8(7)13/h3-5H,1-2H3,(H,14,15,16,17). The predicted octanol–water partition coefficient (Wildman–Crippen LogP) is 2.51. The van der Waals surface area contributed by atoms with Crippen molar-refractivity contribution < 1.29 is 13.9 Å². The average molecular weight is 285 g/mol. The van der Waals surface area contributed by atoms with Crippen LogP contribution in [0.25, 0.3) is 0 Å². The van der Waals surface area contributed by atoms with E-state index < -0.39 is 5.82 Å². The van der Waals surface area contributed by atoms with Gasteiger partial charge in [-0.2, -0.15) is 9.97 Å². The molecule has 0 bridgehead atoms. The Balaban J connectivity index is 2.34. The quantitative estimate of drug-likeness (QED) is 0.930. The van der Waals surface area contributed by atoms with Gasteiger partial charge in [0.05, 0.1) is 12.1 Å². The van der Waals surface area contributed by atoms with Gasteiger partial charge in [-0.3, -0.25) is 0 Å². The van der Waals surface area contributed by atoms with Crippen molar-refractivity contribution in [1.82, 2.24) is 15.0 Å². The molecule has 0 aliphatic rings. The van der Waals surface area contributed by atoms with E-state index in [0.29, 0.717) is 0 Å². The molecule has 1 aromatic heterocycles. The number of rotatable bonds is 4. The topological polar surface area (TPSA) is 69.2 Å². The summed E-state index contributed by atoms with van der Waals surface area (Å²) in [6.07, 6.45) is 0. The highest BCUT2D eigenvalue weighted by atomic mass is 35.5. The Morgan fingerprint density at radius 1 is 1.21 bits per heavy atom. The molecule has 0 spiro atoms. The summed E-state index contributed by atoms with van der Waals surface area (Å²) in [5, 5.41) is 2.66. The molecule has 0 saturated heterocycles. The van der Waals surface area contributed by atoms with E-state index in [9.17, 15) is 4.39 Å². The van der Waals surface area contributed by atoms with Gasteiger partial charge < -0.3 is 14.8 Å². The number of nitrogens with one attached hydrogen (secondary N) is 1. The number of hydrogen-bond acceptors (Lipinski definition) is 6. The Morgan fingerprint density at radius 3 is 2.63 bits per heavy atom. The van der Waals surface area contributed by atoms with Gasteiger partial charge in [0.2, 0.25) is 5.95 Å². The molecule has 0 aliphatic carbocycles. The van der Waals surface area contributed by atoms with Crippen LogP contribution >= 0.6 is 11.6 Å². The first-order chi connectivity index (χ1) is 9.13. The Morgan fingerprint density at radius 2 is 1.95 bits per heavy atom. The molecule has 1 N–H and O–H groups in total. The molecule has 8 heteroatoms. The highest BCUT2D eigenvalue weighted by molar-refractivity contribution is 6.30. The third-order valence-corrected chi connectivity index (χ3v) is 2.41. The number of ether oxygens (including phenoxy) is 2. The van der Waals surface area contributed by atoms with Crippen molar-refractivity contribution in [2.75, 3.05) is 19.5 Å². The summed E-state index contributed by atoms with van der Waals surface area (Å²) in [5.41, 5.74) is 0. The van der Waals surface area contributed by atoms with Crippen LogP contribution in [-0.2, 0) is 0 Å². The van der Waals surface area contributed by atoms with Gasteiger partial charge in [0.15, 0.2) is 11.6 Å². The zero-order valence-electron chi connectivity index (χ0n) is 10.1. The summed E-state index contributed by atoms with van der Waals surface area (Å²) >= 11 is 5.65. The molecule has 0 unspecified atom stereocenters. The first kappa shape index (κ1) is 13.3. The van der Waals surface area contributed by atoms with Crippen LogP contribution in [0.5, 0.6) is 17.8 Å². The van der Waals surface area contributed by atoms with Crippen molar-refractivity contribution >= 4 is 17.5 Å². The fourth-order valence-corrected chi connectivity index (χ4v) is 1.41. The lowest BCUT2D eigenvalue weighted by Gasteiger charge is -2.07. The van der Waals surface area contributed by atoms with Crippen LogP contribution in [0.3, 0.4) is 0 Å². The molecule has 2 rings (SSSR count). The summed E-state index contributed by atoms with van der Waals surface area (Å²) in [4.78, 5) is 11.7. The lowest BCUT2D eigenvalue weighted by atomic mass is 10.3. The maximum absolute atomic E-state index is 13.7. The molecule has 0 radical (unpaired) electrons. The molecule has 0 fully saturated rings. The van der Waals surface area contributed by atoms with Crippen molar-refractivity contribution in [3.8, 4) is 17.8 Å². The number of benzene rings is 1. The number of aromatic nitrogens is 3. The Hall–Kier alpha value is -2.15. The van der Waals surface area contributed by atoms with Crippen molar-refractivity contribution in [2.45, 2.75) is 0 Å². The normalized spacial score (nSPS) is 10.1. The predicted molar refractivity (Wildman–Crippen MR) is 67.4 cm³/mol. The monoisotopic (exact) mass is 284 g/mol. The van der Waals surface area contributed by atoms with E-state index in [2.05, 4.69) is 20.3 Å². The smallest absolute Gasteiger partial charge is 0.330 e. The van der Waals surface area contributed by atoms with Crippen molar-refractivity contribution in [1.29, 1.82) is 0 Å². The first-order valence-corrected chi connectivity index (χ1v) is 5.61. The summed E-state index contributed by atoms with van der Waals surface area (Å²) in [6, 6.07) is 4.33. The van der Waals surface area contributed by atoms with Gasteiger partial charge in [0.25, 0.3) is 0 Å². The zero-order chi connectivity index (χ0) is 13.8. The van der Waals surface area contributed by atoms with E-state index >= 15 is 0 Å². The van der Waals surface area contributed by atoms with Gasteiger partial charge in [-0.25, -0.2) is 4.39 Å². The number of halogens is 2. The fourth-order valence-electron chi connectivity index (χ4n) is 1.25. The van der Waals surface area contributed by atoms with E-state index in [1.807, 2.05) is 0 Å². The van der Waals surface area contributed by atoms with E-state index in [4.69, 9.17) is 21.1 Å². The molecule has 0 saturated carbocycles. The largest absolute Gasteiger partial charge is 0.467 e. The average Bonchev–Trinajstić information content (AvgIpc) is 2.43. The summed E-state index contributed by atoms with van der Waals surface area (Å²) < 4.78 is 23.8. The third kappa shape index (κ3) is 3.00. The minimum atomic E-state index is -0.686. The van der Waals surface area contributed by atoms with E-state index in [1.165, 1.54) is 19.2 Å². The lowest BCUT2D eigenvalue weighted by molar-refractivity contribution is 0.355. The molecule has 2 aromatic rings. The molecule has 0 aliphatic heterocycles. The van der Waals surface area contributed by atoms with Crippen molar-refractivity contribution in [3.63, 3.8) is 0 Å². The van der Waals surface area contributed by atoms with Crippen molar-refractivity contribution in [2.24, 2.45) is 0 Å². The Kier molecular flexibility index (Phi) is 3.96. The fraction of sp³-hybridized carbons (Fsp3) is 0.182. The molecule has 1 heterocycles. The molecule has 100 valence electrons. The van der Waals surface area contributed by atoms with E-state index in [0.717, 1.165) is 0 Å². The maximum atomic E-state index is 13.7. The molecule has 0 amide bonds. The first-order valence-electron chi connectivity index (χ1n) is 5.23. The minimum Gasteiger partial charge on any atom is -0.467 e. The molecule has 1 aromatic carbocycles. The van der Waals surface area contributed by atoms with Gasteiger partial charge in [-0.15, -0.1) is 4.98 Å². The van der Waals surface area contributed by atoms with Crippen LogP contribution < -0.4 is 14.8 Å².